The number of carbonyl (C=O) groups excluding carboxylic acids is 2. The Bertz CT molecular complexity index is 1300. The lowest BCUT2D eigenvalue weighted by atomic mass is 10.2. The fourth-order valence-corrected chi connectivity index (χ4v) is 6.31. The van der Waals surface area contributed by atoms with Gasteiger partial charge in [-0.15, -0.1) is 0 Å². The van der Waals surface area contributed by atoms with Crippen LogP contribution in [-0.4, -0.2) is 61.0 Å². The first-order valence-electron chi connectivity index (χ1n) is 9.76. The molecule has 2 aromatic heterocycles. The molecule has 10 nitrogen and oxygen atoms in total. The number of thiazole rings is 1. The highest BCUT2D eigenvalue weighted by atomic mass is 32.2. The average Bonchev–Trinajstić information content (AvgIpc) is 3.50. The molecule has 3 aromatic rings. The molecule has 0 aliphatic carbocycles. The van der Waals surface area contributed by atoms with Crippen LogP contribution in [0.4, 0.5) is 5.13 Å². The summed E-state index contributed by atoms with van der Waals surface area (Å²) in [6, 6.07) is 5.78. The summed E-state index contributed by atoms with van der Waals surface area (Å²) in [5, 5.41) is 3.13. The van der Waals surface area contributed by atoms with Crippen LogP contribution in [-0.2, 0) is 26.6 Å². The molecule has 170 valence electrons. The molecule has 1 aliphatic rings. The van der Waals surface area contributed by atoms with Crippen molar-refractivity contribution in [2.45, 2.75) is 23.8 Å². The standard InChI is InChI=1S/C20H22N4O6S2/c1-23-11-13(10-16(23)19(26)30-3)32(27,28)24-8-4-5-15(24)18(25)22-20-21-14-7-6-12(29-2)9-17(14)31-20/h6-7,9-11,15H,4-5,8H2,1-3H3,(H,21,22,25). The summed E-state index contributed by atoms with van der Waals surface area (Å²) in [6.07, 6.45) is 2.28. The van der Waals surface area contributed by atoms with Gasteiger partial charge in [0.2, 0.25) is 15.9 Å². The fraction of sp³-hybridized carbons (Fsp3) is 0.350. The molecule has 32 heavy (non-hydrogen) atoms. The number of aromatic nitrogens is 2. The number of aryl methyl sites for hydroxylation is 1. The van der Waals surface area contributed by atoms with Crippen LogP contribution in [0.5, 0.6) is 5.75 Å². The smallest absolute Gasteiger partial charge is 0.354 e. The predicted octanol–water partition coefficient (Wildman–Crippen LogP) is 2.22. The average molecular weight is 479 g/mol. The molecule has 4 rings (SSSR count). The number of nitrogens with one attached hydrogen (secondary N) is 1. The maximum atomic E-state index is 13.2. The molecule has 1 aliphatic heterocycles. The summed E-state index contributed by atoms with van der Waals surface area (Å²) >= 11 is 1.28. The summed E-state index contributed by atoms with van der Waals surface area (Å²) in [5.74, 6) is -0.403. The number of amides is 1. The van der Waals surface area contributed by atoms with Crippen molar-refractivity contribution in [2.75, 3.05) is 26.1 Å². The largest absolute Gasteiger partial charge is 0.497 e. The van der Waals surface area contributed by atoms with Gasteiger partial charge in [-0.3, -0.25) is 4.79 Å². The van der Waals surface area contributed by atoms with E-state index in [9.17, 15) is 18.0 Å². The Morgan fingerprint density at radius 1 is 1.25 bits per heavy atom. The van der Waals surface area contributed by atoms with Crippen molar-refractivity contribution in [2.24, 2.45) is 7.05 Å². The van der Waals surface area contributed by atoms with E-state index in [0.717, 1.165) is 4.70 Å². The van der Waals surface area contributed by atoms with E-state index in [2.05, 4.69) is 15.0 Å². The third-order valence-corrected chi connectivity index (χ3v) is 8.12. The van der Waals surface area contributed by atoms with E-state index in [1.165, 1.54) is 39.6 Å². The summed E-state index contributed by atoms with van der Waals surface area (Å²) in [7, 11) is 0.360. The second-order valence-electron chi connectivity index (χ2n) is 7.28. The van der Waals surface area contributed by atoms with Crippen molar-refractivity contribution in [3.63, 3.8) is 0 Å². The number of anilines is 1. The van der Waals surface area contributed by atoms with Crippen molar-refractivity contribution in [1.29, 1.82) is 0 Å². The maximum absolute atomic E-state index is 13.2. The summed E-state index contributed by atoms with van der Waals surface area (Å²) in [5.41, 5.74) is 0.817. The Morgan fingerprint density at radius 2 is 2.03 bits per heavy atom. The van der Waals surface area contributed by atoms with Gasteiger partial charge < -0.3 is 19.4 Å². The first-order chi connectivity index (χ1) is 15.2. The number of benzene rings is 1. The summed E-state index contributed by atoms with van der Waals surface area (Å²) in [4.78, 5) is 29.2. The number of sulfonamides is 1. The molecular weight excluding hydrogens is 456 g/mol. The Balaban J connectivity index is 1.56. The zero-order valence-corrected chi connectivity index (χ0v) is 19.3. The highest BCUT2D eigenvalue weighted by molar-refractivity contribution is 7.89. The zero-order chi connectivity index (χ0) is 23.0. The molecule has 1 fully saturated rings. The van der Waals surface area contributed by atoms with Crippen LogP contribution in [0.25, 0.3) is 10.2 Å². The van der Waals surface area contributed by atoms with Gasteiger partial charge in [0.15, 0.2) is 5.13 Å². The number of nitrogens with zero attached hydrogens (tertiary/aromatic N) is 3. The molecule has 3 heterocycles. The van der Waals surface area contributed by atoms with Crippen LogP contribution >= 0.6 is 11.3 Å². The van der Waals surface area contributed by atoms with Crippen LogP contribution in [0.3, 0.4) is 0 Å². The minimum absolute atomic E-state index is 0.0628. The normalized spacial score (nSPS) is 16.9. The summed E-state index contributed by atoms with van der Waals surface area (Å²) < 4.78 is 39.8. The van der Waals surface area contributed by atoms with Gasteiger partial charge in [0.05, 0.1) is 24.4 Å². The number of rotatable bonds is 6. The van der Waals surface area contributed by atoms with Crippen LogP contribution in [0.15, 0.2) is 35.4 Å². The SMILES string of the molecule is COC(=O)c1cc(S(=O)(=O)N2CCCC2C(=O)Nc2nc3ccc(OC)cc3s2)cn1C. The molecule has 0 radical (unpaired) electrons. The molecule has 0 bridgehead atoms. The third-order valence-electron chi connectivity index (χ3n) is 5.31. The number of fused-ring (bicyclic) bond motifs is 1. The summed E-state index contributed by atoms with van der Waals surface area (Å²) in [6.45, 7) is 0.208. The van der Waals surface area contributed by atoms with Gasteiger partial charge in [-0.1, -0.05) is 11.3 Å². The minimum atomic E-state index is -3.99. The highest BCUT2D eigenvalue weighted by Crippen LogP contribution is 2.31. The second kappa shape index (κ2) is 8.52. The zero-order valence-electron chi connectivity index (χ0n) is 17.7. The molecule has 1 amide bonds. The number of esters is 1. The molecule has 0 spiro atoms. The van der Waals surface area contributed by atoms with Gasteiger partial charge in [-0.25, -0.2) is 18.2 Å². The Morgan fingerprint density at radius 3 is 2.75 bits per heavy atom. The van der Waals surface area contributed by atoms with Crippen molar-refractivity contribution >= 4 is 48.6 Å². The molecular formula is C20H22N4O6S2. The van der Waals surface area contributed by atoms with Crippen molar-refractivity contribution in [1.82, 2.24) is 13.9 Å². The Hall–Kier alpha value is -2.96. The molecule has 1 saturated heterocycles. The van der Waals surface area contributed by atoms with Gasteiger partial charge in [0, 0.05) is 19.8 Å². The van der Waals surface area contributed by atoms with Gasteiger partial charge in [0.25, 0.3) is 0 Å². The van der Waals surface area contributed by atoms with E-state index >= 15 is 0 Å². The quantitative estimate of drug-likeness (QED) is 0.540. The number of methoxy groups -OCH3 is 2. The number of carbonyl (C=O) groups is 2. The van der Waals surface area contributed by atoms with E-state index in [-0.39, 0.29) is 17.1 Å². The molecule has 1 atom stereocenters. The topological polar surface area (TPSA) is 120 Å². The van der Waals surface area contributed by atoms with Crippen LogP contribution in [0.1, 0.15) is 23.3 Å². The molecule has 0 saturated carbocycles. The Kier molecular flexibility index (Phi) is 5.93. The highest BCUT2D eigenvalue weighted by Gasteiger charge is 2.40. The third kappa shape index (κ3) is 3.96. The lowest BCUT2D eigenvalue weighted by Crippen LogP contribution is -2.43. The molecule has 12 heteroatoms. The van der Waals surface area contributed by atoms with Crippen LogP contribution in [0, 0.1) is 0 Å². The van der Waals surface area contributed by atoms with E-state index < -0.39 is 27.9 Å². The van der Waals surface area contributed by atoms with Gasteiger partial charge in [-0.05, 0) is 37.1 Å². The van der Waals surface area contributed by atoms with Crippen molar-refractivity contribution < 1.29 is 27.5 Å². The lowest BCUT2D eigenvalue weighted by molar-refractivity contribution is -0.119. The van der Waals surface area contributed by atoms with Crippen LogP contribution in [0.2, 0.25) is 0 Å². The number of hydrogen-bond acceptors (Lipinski definition) is 8. The van der Waals surface area contributed by atoms with Gasteiger partial charge in [-0.2, -0.15) is 4.31 Å². The predicted molar refractivity (Wildman–Crippen MR) is 118 cm³/mol. The van der Waals surface area contributed by atoms with E-state index in [1.807, 2.05) is 6.07 Å². The second-order valence-corrected chi connectivity index (χ2v) is 10.2. The monoisotopic (exact) mass is 478 g/mol. The number of ether oxygens (including phenoxy) is 2. The fourth-order valence-electron chi connectivity index (χ4n) is 3.68. The Labute approximate surface area is 188 Å². The van der Waals surface area contributed by atoms with Crippen molar-refractivity contribution in [3.05, 3.63) is 36.2 Å². The number of hydrogen-bond donors (Lipinski definition) is 1. The van der Waals surface area contributed by atoms with Crippen LogP contribution < -0.4 is 10.1 Å². The first kappa shape index (κ1) is 22.2. The molecule has 1 aromatic carbocycles. The van der Waals surface area contributed by atoms with Crippen molar-refractivity contribution in [3.8, 4) is 5.75 Å². The molecule has 1 unspecified atom stereocenters. The van der Waals surface area contributed by atoms with Gasteiger partial charge >= 0.3 is 5.97 Å². The van der Waals surface area contributed by atoms with Gasteiger partial charge in [0.1, 0.15) is 22.4 Å². The first-order valence-corrected chi connectivity index (χ1v) is 12.0. The molecule has 1 N–H and O–H groups in total. The maximum Gasteiger partial charge on any atom is 0.354 e. The van der Waals surface area contributed by atoms with E-state index in [4.69, 9.17) is 4.74 Å². The lowest BCUT2D eigenvalue weighted by Gasteiger charge is -2.22. The van der Waals surface area contributed by atoms with E-state index in [0.29, 0.717) is 29.2 Å². The van der Waals surface area contributed by atoms with E-state index in [1.54, 1.807) is 26.3 Å². The minimum Gasteiger partial charge on any atom is -0.497 e.